The van der Waals surface area contributed by atoms with Crippen LogP contribution in [0.15, 0.2) is 30.3 Å². The van der Waals surface area contributed by atoms with Crippen LogP contribution in [0, 0.1) is 0 Å². The summed E-state index contributed by atoms with van der Waals surface area (Å²) in [6, 6.07) is 10.6. The van der Waals surface area contributed by atoms with Crippen LogP contribution >= 0.6 is 0 Å². The van der Waals surface area contributed by atoms with Crippen LogP contribution in [0.2, 0.25) is 0 Å². The van der Waals surface area contributed by atoms with Crippen molar-refractivity contribution >= 4 is 5.69 Å². The summed E-state index contributed by atoms with van der Waals surface area (Å²) in [7, 11) is 0. The predicted molar refractivity (Wildman–Crippen MR) is 75.1 cm³/mol. The van der Waals surface area contributed by atoms with Gasteiger partial charge in [-0.25, -0.2) is 0 Å². The first kappa shape index (κ1) is 13.3. The number of aliphatic hydroxyl groups excluding tert-OH is 1. The molecule has 0 aliphatic carbocycles. The van der Waals surface area contributed by atoms with Gasteiger partial charge < -0.3 is 15.3 Å². The van der Waals surface area contributed by atoms with Gasteiger partial charge in [0.2, 0.25) is 0 Å². The maximum Gasteiger partial charge on any atom is 0.0555 e. The van der Waals surface area contributed by atoms with Crippen molar-refractivity contribution < 1.29 is 5.11 Å². The lowest BCUT2D eigenvalue weighted by molar-refractivity contribution is 0.249. The summed E-state index contributed by atoms with van der Waals surface area (Å²) in [6.45, 7) is 7.40. The molecule has 4 heteroatoms. The summed E-state index contributed by atoms with van der Waals surface area (Å²) >= 11 is 0. The Labute approximate surface area is 109 Å². The second-order valence-corrected chi connectivity index (χ2v) is 4.64. The largest absolute Gasteiger partial charge is 0.395 e. The van der Waals surface area contributed by atoms with E-state index in [1.54, 1.807) is 0 Å². The van der Waals surface area contributed by atoms with Gasteiger partial charge in [-0.15, -0.1) is 0 Å². The molecule has 0 atom stereocenters. The van der Waals surface area contributed by atoms with Gasteiger partial charge >= 0.3 is 0 Å². The van der Waals surface area contributed by atoms with E-state index in [0.717, 1.165) is 39.3 Å². The van der Waals surface area contributed by atoms with E-state index < -0.39 is 0 Å². The highest BCUT2D eigenvalue weighted by Crippen LogP contribution is 2.15. The normalized spacial score (nSPS) is 17.1. The predicted octanol–water partition coefficient (Wildman–Crippen LogP) is 0.391. The van der Waals surface area contributed by atoms with E-state index in [4.69, 9.17) is 5.11 Å². The molecule has 1 saturated heterocycles. The van der Waals surface area contributed by atoms with Gasteiger partial charge in [0.1, 0.15) is 0 Å². The smallest absolute Gasteiger partial charge is 0.0555 e. The van der Waals surface area contributed by atoms with Crippen molar-refractivity contribution in [2.45, 2.75) is 0 Å². The van der Waals surface area contributed by atoms with Gasteiger partial charge in [0.15, 0.2) is 0 Å². The summed E-state index contributed by atoms with van der Waals surface area (Å²) in [5, 5.41) is 11.9. The van der Waals surface area contributed by atoms with Gasteiger partial charge in [-0.05, 0) is 12.1 Å². The first-order valence-electron chi connectivity index (χ1n) is 6.74. The average Bonchev–Trinajstić information content (AvgIpc) is 2.45. The van der Waals surface area contributed by atoms with Crippen molar-refractivity contribution in [1.29, 1.82) is 0 Å². The van der Waals surface area contributed by atoms with E-state index in [9.17, 15) is 0 Å². The molecule has 0 radical (unpaired) electrons. The van der Waals surface area contributed by atoms with Crippen LogP contribution < -0.4 is 10.2 Å². The molecular weight excluding hydrogens is 226 g/mol. The zero-order valence-electron chi connectivity index (χ0n) is 10.9. The van der Waals surface area contributed by atoms with E-state index in [1.165, 1.54) is 5.69 Å². The highest BCUT2D eigenvalue weighted by atomic mass is 16.3. The lowest BCUT2D eigenvalue weighted by Crippen LogP contribution is -2.48. The topological polar surface area (TPSA) is 38.7 Å². The van der Waals surface area contributed by atoms with Gasteiger partial charge in [-0.3, -0.25) is 4.90 Å². The molecule has 1 aromatic carbocycles. The van der Waals surface area contributed by atoms with E-state index in [0.29, 0.717) is 6.54 Å². The first-order valence-corrected chi connectivity index (χ1v) is 6.74. The van der Waals surface area contributed by atoms with Gasteiger partial charge in [0, 0.05) is 51.5 Å². The van der Waals surface area contributed by atoms with E-state index in [-0.39, 0.29) is 6.61 Å². The molecule has 4 nitrogen and oxygen atoms in total. The SMILES string of the molecule is OCCNCCN1CCN(c2ccccc2)CC1. The fourth-order valence-corrected chi connectivity index (χ4v) is 2.31. The average molecular weight is 249 g/mol. The molecule has 1 heterocycles. The van der Waals surface area contributed by atoms with Crippen LogP contribution in [-0.4, -0.2) is 62.4 Å². The summed E-state index contributed by atoms with van der Waals surface area (Å²) in [4.78, 5) is 4.92. The second kappa shape index (κ2) is 7.36. The number of para-hydroxylation sites is 1. The lowest BCUT2D eigenvalue weighted by Gasteiger charge is -2.36. The third-order valence-corrected chi connectivity index (χ3v) is 3.39. The summed E-state index contributed by atoms with van der Waals surface area (Å²) < 4.78 is 0. The maximum atomic E-state index is 8.68. The van der Waals surface area contributed by atoms with Crippen molar-refractivity contribution in [2.75, 3.05) is 57.3 Å². The van der Waals surface area contributed by atoms with Crippen molar-refractivity contribution in [3.8, 4) is 0 Å². The van der Waals surface area contributed by atoms with Crippen molar-refractivity contribution in [1.82, 2.24) is 10.2 Å². The minimum absolute atomic E-state index is 0.224. The number of hydrogen-bond acceptors (Lipinski definition) is 4. The molecule has 2 rings (SSSR count). The number of nitrogens with zero attached hydrogens (tertiary/aromatic N) is 2. The number of benzene rings is 1. The Bertz CT molecular complexity index is 323. The second-order valence-electron chi connectivity index (χ2n) is 4.64. The Morgan fingerprint density at radius 2 is 1.72 bits per heavy atom. The molecule has 2 N–H and O–H groups in total. The molecule has 0 aromatic heterocycles. The molecule has 0 saturated carbocycles. The molecule has 0 bridgehead atoms. The minimum atomic E-state index is 0.224. The van der Waals surface area contributed by atoms with E-state index >= 15 is 0 Å². The fraction of sp³-hybridized carbons (Fsp3) is 0.571. The molecule has 100 valence electrons. The Kier molecular flexibility index (Phi) is 5.45. The van der Waals surface area contributed by atoms with Crippen LogP contribution in [0.1, 0.15) is 0 Å². The third kappa shape index (κ3) is 3.98. The van der Waals surface area contributed by atoms with Gasteiger partial charge in [0.25, 0.3) is 0 Å². The van der Waals surface area contributed by atoms with E-state index in [1.807, 2.05) is 0 Å². The molecule has 0 unspecified atom stereocenters. The van der Waals surface area contributed by atoms with Crippen LogP contribution in [0.25, 0.3) is 0 Å². The molecule has 1 aliphatic rings. The minimum Gasteiger partial charge on any atom is -0.395 e. The zero-order chi connectivity index (χ0) is 12.6. The molecular formula is C14H23N3O. The van der Waals surface area contributed by atoms with E-state index in [2.05, 4.69) is 45.4 Å². The zero-order valence-corrected chi connectivity index (χ0v) is 10.9. The van der Waals surface area contributed by atoms with Gasteiger partial charge in [-0.2, -0.15) is 0 Å². The maximum absolute atomic E-state index is 8.68. The Balaban J connectivity index is 1.68. The van der Waals surface area contributed by atoms with Crippen molar-refractivity contribution in [3.63, 3.8) is 0 Å². The Morgan fingerprint density at radius 3 is 2.39 bits per heavy atom. The molecule has 1 fully saturated rings. The molecule has 0 amide bonds. The molecule has 18 heavy (non-hydrogen) atoms. The van der Waals surface area contributed by atoms with Gasteiger partial charge in [0.05, 0.1) is 6.61 Å². The summed E-state index contributed by atoms with van der Waals surface area (Å²) in [5.41, 5.74) is 1.33. The van der Waals surface area contributed by atoms with Crippen molar-refractivity contribution in [2.24, 2.45) is 0 Å². The molecule has 0 spiro atoms. The third-order valence-electron chi connectivity index (χ3n) is 3.39. The highest BCUT2D eigenvalue weighted by Gasteiger charge is 2.16. The number of anilines is 1. The molecule has 1 aromatic rings. The Hall–Kier alpha value is -1.10. The number of rotatable bonds is 6. The number of nitrogens with one attached hydrogen (secondary N) is 1. The Morgan fingerprint density at radius 1 is 1.00 bits per heavy atom. The fourth-order valence-electron chi connectivity index (χ4n) is 2.31. The first-order chi connectivity index (χ1) is 8.90. The summed E-state index contributed by atoms with van der Waals surface area (Å²) in [6.07, 6.45) is 0. The lowest BCUT2D eigenvalue weighted by atomic mass is 10.2. The quantitative estimate of drug-likeness (QED) is 0.716. The number of piperazine rings is 1. The van der Waals surface area contributed by atoms with Crippen LogP contribution in [0.3, 0.4) is 0 Å². The standard InChI is InChI=1S/C14H23N3O/c18-13-7-15-6-8-16-9-11-17(12-10-16)14-4-2-1-3-5-14/h1-5,15,18H,6-13H2. The van der Waals surface area contributed by atoms with Crippen LogP contribution in [0.4, 0.5) is 5.69 Å². The highest BCUT2D eigenvalue weighted by molar-refractivity contribution is 5.46. The van der Waals surface area contributed by atoms with Crippen LogP contribution in [-0.2, 0) is 0 Å². The molecule has 1 aliphatic heterocycles. The van der Waals surface area contributed by atoms with Crippen LogP contribution in [0.5, 0.6) is 0 Å². The van der Waals surface area contributed by atoms with Gasteiger partial charge in [-0.1, -0.05) is 18.2 Å². The number of aliphatic hydroxyl groups is 1. The van der Waals surface area contributed by atoms with Crippen molar-refractivity contribution in [3.05, 3.63) is 30.3 Å². The number of hydrogen-bond donors (Lipinski definition) is 2. The summed E-state index contributed by atoms with van der Waals surface area (Å²) in [5.74, 6) is 0. The monoisotopic (exact) mass is 249 g/mol.